The molecule has 67 heavy (non-hydrogen) atoms. The normalized spacial score (nSPS) is 16.5. The van der Waals surface area contributed by atoms with Crippen LogP contribution in [-0.2, 0) is 17.3 Å². The molecule has 1 nitrogen and oxygen atoms in total. The molecule has 4 aliphatic carbocycles. The van der Waals surface area contributed by atoms with Crippen LogP contribution in [0.4, 0.5) is 0 Å². The van der Waals surface area contributed by atoms with Gasteiger partial charge in [-0.25, -0.2) is 0 Å². The number of benzene rings is 8. The van der Waals surface area contributed by atoms with Gasteiger partial charge in [-0.05, 0) is 147 Å². The maximum absolute atomic E-state index is 4.49. The van der Waals surface area contributed by atoms with E-state index in [9.17, 15) is 0 Å². The lowest BCUT2D eigenvalue weighted by Gasteiger charge is -2.30. The second-order valence-electron chi connectivity index (χ2n) is 20.4. The number of allylic oxidation sites excluding steroid dienone is 5. The fourth-order valence-electron chi connectivity index (χ4n) is 11.9. The predicted molar refractivity (Wildman–Crippen MR) is 287 cm³/mol. The minimum absolute atomic E-state index is 0.151. The zero-order valence-electron chi connectivity index (χ0n) is 40.0. The van der Waals surface area contributed by atoms with Gasteiger partial charge in [0.05, 0.1) is 16.7 Å². The Bertz CT molecular complexity index is 3520. The zero-order valence-corrected chi connectivity index (χ0v) is 40.0. The summed E-state index contributed by atoms with van der Waals surface area (Å²) >= 11 is 0. The number of fused-ring (bicyclic) bond motifs is 12. The van der Waals surface area contributed by atoms with Crippen molar-refractivity contribution in [2.45, 2.75) is 72.1 Å². The lowest BCUT2D eigenvalue weighted by atomic mass is 9.73. The topological polar surface area (TPSA) is 4.93 Å². The van der Waals surface area contributed by atoms with Gasteiger partial charge in [0.2, 0.25) is 0 Å². The van der Waals surface area contributed by atoms with Gasteiger partial charge in [-0.15, -0.1) is 0 Å². The maximum atomic E-state index is 4.49. The van der Waals surface area contributed by atoms with E-state index < -0.39 is 0 Å². The number of hydrogen-bond acceptors (Lipinski definition) is 0. The molecular weight excluding hydrogens is 807 g/mol. The van der Waals surface area contributed by atoms with E-state index in [0.717, 1.165) is 6.42 Å². The van der Waals surface area contributed by atoms with Crippen molar-refractivity contribution < 1.29 is 0 Å². The third kappa shape index (κ3) is 6.98. The molecular formula is C66H59N. The van der Waals surface area contributed by atoms with Crippen molar-refractivity contribution in [1.82, 2.24) is 4.57 Å². The Hall–Kier alpha value is -7.22. The van der Waals surface area contributed by atoms with E-state index in [1.54, 1.807) is 5.57 Å². The van der Waals surface area contributed by atoms with Crippen LogP contribution < -0.4 is 0 Å². The summed E-state index contributed by atoms with van der Waals surface area (Å²) in [6.07, 6.45) is 6.73. The molecule has 0 amide bonds. The lowest BCUT2D eigenvalue weighted by Crippen LogP contribution is -2.24. The number of para-hydroxylation sites is 2. The van der Waals surface area contributed by atoms with E-state index in [4.69, 9.17) is 0 Å². The summed E-state index contributed by atoms with van der Waals surface area (Å²) in [6, 6.07) is 64.2. The first-order valence-electron chi connectivity index (χ1n) is 24.1. The minimum atomic E-state index is 0.151. The van der Waals surface area contributed by atoms with Crippen LogP contribution >= 0.6 is 0 Å². The van der Waals surface area contributed by atoms with Gasteiger partial charge in [0.15, 0.2) is 0 Å². The number of rotatable bonds is 2. The lowest BCUT2D eigenvalue weighted by molar-refractivity contribution is 0.408. The summed E-state index contributed by atoms with van der Waals surface area (Å²) in [6.45, 7) is 20.5. The van der Waals surface area contributed by atoms with Gasteiger partial charge in [0.25, 0.3) is 0 Å². The van der Waals surface area contributed by atoms with Gasteiger partial charge in [0, 0.05) is 21.8 Å². The molecule has 1 unspecified atom stereocenters. The maximum Gasteiger partial charge on any atom is 0.0547 e. The number of hydrogen-bond donors (Lipinski definition) is 0. The van der Waals surface area contributed by atoms with Crippen LogP contribution in [0.15, 0.2) is 200 Å². The van der Waals surface area contributed by atoms with Gasteiger partial charge in [0.1, 0.15) is 0 Å². The summed E-state index contributed by atoms with van der Waals surface area (Å²) in [4.78, 5) is 0. The molecule has 13 rings (SSSR count). The quantitative estimate of drug-likeness (QED) is 0.163. The summed E-state index contributed by atoms with van der Waals surface area (Å²) in [5.74, 6) is 0.676. The van der Waals surface area contributed by atoms with E-state index in [0.29, 0.717) is 5.92 Å². The standard InChI is InChI=1S/C34H25N.C16H18.C16H16/c1-22-11-3-5-13-25(22)27-15-7-9-17-32(27)35-33-18-10-8-16-28(33)31-20-30-26-14-6-4-12-24(26)19-23(2)29(30)21-34(31)35;2*1-11-8-9-13-12-6-4-5-7-14(12)16(2,3)15(13)10-11/h3-18,20-21H,2,19H2,1H3;4-9,15H,10H2,1-3H3;4-10H,1-3H3. The Labute approximate surface area is 397 Å². The van der Waals surface area contributed by atoms with E-state index >= 15 is 0 Å². The molecule has 0 N–H and O–H groups in total. The van der Waals surface area contributed by atoms with Crippen LogP contribution in [-0.4, -0.2) is 4.57 Å². The fraction of sp³-hybridized carbons (Fsp3) is 0.182. The number of aryl methyl sites for hydroxylation is 2. The molecule has 1 heterocycles. The number of aromatic nitrogens is 1. The first-order chi connectivity index (χ1) is 32.4. The van der Waals surface area contributed by atoms with E-state index in [-0.39, 0.29) is 10.8 Å². The SMILES string of the molecule is C=C1Cc2ccccc2-c2cc3c4ccccc4n(-c4ccccc4-c4ccccc4C)c3cc21.CC1=CC=C2c3ccccc3C(C)(C)C2C1.Cc1ccc2c(c1)C(C)(C)c1ccccc1-2. The first kappa shape index (κ1) is 42.4. The van der Waals surface area contributed by atoms with E-state index in [2.05, 4.69) is 248 Å². The smallest absolute Gasteiger partial charge is 0.0547 e. The third-order valence-corrected chi connectivity index (χ3v) is 15.5. The van der Waals surface area contributed by atoms with E-state index in [1.165, 1.54) is 123 Å². The van der Waals surface area contributed by atoms with Gasteiger partial charge >= 0.3 is 0 Å². The molecule has 1 aromatic heterocycles. The Kier molecular flexibility index (Phi) is 10.3. The van der Waals surface area contributed by atoms with Gasteiger partial charge in [-0.1, -0.05) is 209 Å². The monoisotopic (exact) mass is 865 g/mol. The van der Waals surface area contributed by atoms with Gasteiger partial charge in [-0.3, -0.25) is 0 Å². The van der Waals surface area contributed by atoms with Crippen molar-refractivity contribution in [2.24, 2.45) is 5.92 Å². The summed E-state index contributed by atoms with van der Waals surface area (Å²) in [5.41, 5.74) is 27.4. The number of nitrogens with zero attached hydrogens (tertiary/aromatic N) is 1. The van der Waals surface area contributed by atoms with Crippen LogP contribution in [0.25, 0.3) is 72.0 Å². The average molecular weight is 866 g/mol. The molecule has 8 aromatic carbocycles. The minimum Gasteiger partial charge on any atom is -0.309 e. The average Bonchev–Trinajstić information content (AvgIpc) is 3.87. The van der Waals surface area contributed by atoms with Crippen molar-refractivity contribution in [1.29, 1.82) is 0 Å². The first-order valence-corrected chi connectivity index (χ1v) is 24.1. The van der Waals surface area contributed by atoms with Crippen LogP contribution in [0.1, 0.15) is 85.5 Å². The Morgan fingerprint density at radius 1 is 0.478 bits per heavy atom. The Morgan fingerprint density at radius 3 is 1.90 bits per heavy atom. The van der Waals surface area contributed by atoms with Crippen molar-refractivity contribution >= 4 is 33.0 Å². The molecule has 9 aromatic rings. The molecule has 0 aliphatic heterocycles. The highest BCUT2D eigenvalue weighted by Crippen LogP contribution is 2.54. The predicted octanol–water partition coefficient (Wildman–Crippen LogP) is 17.6. The largest absolute Gasteiger partial charge is 0.309 e. The van der Waals surface area contributed by atoms with Gasteiger partial charge < -0.3 is 4.57 Å². The molecule has 1 heteroatoms. The third-order valence-electron chi connectivity index (χ3n) is 15.5. The Balaban J connectivity index is 0.000000128. The van der Waals surface area contributed by atoms with E-state index in [1.807, 2.05) is 0 Å². The highest BCUT2D eigenvalue weighted by Gasteiger charge is 2.43. The molecule has 4 aliphatic rings. The Morgan fingerprint density at radius 2 is 1.10 bits per heavy atom. The molecule has 0 radical (unpaired) electrons. The summed E-state index contributed by atoms with van der Waals surface area (Å²) in [5, 5.41) is 2.56. The van der Waals surface area contributed by atoms with Crippen LogP contribution in [0.5, 0.6) is 0 Å². The highest BCUT2D eigenvalue weighted by molar-refractivity contribution is 6.13. The highest BCUT2D eigenvalue weighted by atomic mass is 15.0. The molecule has 0 spiro atoms. The van der Waals surface area contributed by atoms with Crippen LogP contribution in [0, 0.1) is 19.8 Å². The van der Waals surface area contributed by atoms with Crippen LogP contribution in [0.2, 0.25) is 0 Å². The fourth-order valence-corrected chi connectivity index (χ4v) is 11.9. The van der Waals surface area contributed by atoms with Crippen LogP contribution in [0.3, 0.4) is 0 Å². The van der Waals surface area contributed by atoms with Crippen molar-refractivity contribution in [3.63, 3.8) is 0 Å². The molecule has 0 fully saturated rings. The summed E-state index contributed by atoms with van der Waals surface area (Å²) < 4.78 is 2.44. The van der Waals surface area contributed by atoms with Crippen molar-refractivity contribution in [2.75, 3.05) is 0 Å². The summed E-state index contributed by atoms with van der Waals surface area (Å²) in [7, 11) is 0. The second-order valence-corrected chi connectivity index (χ2v) is 20.4. The molecule has 0 saturated heterocycles. The molecule has 1 atom stereocenters. The van der Waals surface area contributed by atoms with Crippen molar-refractivity contribution in [3.8, 4) is 39.1 Å². The van der Waals surface area contributed by atoms with Gasteiger partial charge in [-0.2, -0.15) is 0 Å². The molecule has 328 valence electrons. The van der Waals surface area contributed by atoms with Crippen molar-refractivity contribution in [3.05, 3.63) is 245 Å². The second kappa shape index (κ2) is 16.3. The zero-order chi connectivity index (χ0) is 46.2. The molecule has 0 bridgehead atoms. The molecule has 0 saturated carbocycles.